The van der Waals surface area contributed by atoms with E-state index in [1.807, 2.05) is 36.5 Å². The molecule has 0 saturated carbocycles. The molecule has 0 amide bonds. The molecule has 0 aliphatic heterocycles. The Kier molecular flexibility index (Phi) is 4.93. The Morgan fingerprint density at radius 3 is 2.38 bits per heavy atom. The van der Waals surface area contributed by atoms with Crippen molar-refractivity contribution in [1.82, 2.24) is 4.57 Å². The first-order valence-corrected chi connectivity index (χ1v) is 8.88. The van der Waals surface area contributed by atoms with Crippen LogP contribution in [0.5, 0.6) is 0 Å². The molecule has 0 fully saturated rings. The largest absolute Gasteiger partial charge is 0.318 e. The summed E-state index contributed by atoms with van der Waals surface area (Å²) in [5.74, 6) is 0. The second-order valence-corrected chi connectivity index (χ2v) is 7.14. The van der Waals surface area contributed by atoms with E-state index in [9.17, 15) is 0 Å². The van der Waals surface area contributed by atoms with Gasteiger partial charge in [0.25, 0.3) is 0 Å². The van der Waals surface area contributed by atoms with Crippen molar-refractivity contribution in [3.05, 3.63) is 80.5 Å². The number of aryl methyl sites for hydroxylation is 2. The van der Waals surface area contributed by atoms with Crippen LogP contribution in [0.4, 0.5) is 5.69 Å². The number of aromatic nitrogens is 1. The third-order valence-corrected chi connectivity index (χ3v) is 4.89. The van der Waals surface area contributed by atoms with E-state index < -0.39 is 0 Å². The molecule has 1 aromatic heterocycles. The molecular weight excluding hydrogens is 384 g/mol. The SMILES string of the molecule is Cc1ccc(N=Cc2cc(C)n(-c3ccc(Cl)cc3)c2C)c(Br)c1. The van der Waals surface area contributed by atoms with Gasteiger partial charge >= 0.3 is 0 Å². The monoisotopic (exact) mass is 400 g/mol. The minimum absolute atomic E-state index is 0.743. The zero-order chi connectivity index (χ0) is 17.3. The lowest BCUT2D eigenvalue weighted by molar-refractivity contribution is 0.965. The van der Waals surface area contributed by atoms with E-state index in [-0.39, 0.29) is 0 Å². The van der Waals surface area contributed by atoms with Gasteiger partial charge in [-0.05, 0) is 84.7 Å². The summed E-state index contributed by atoms with van der Waals surface area (Å²) in [7, 11) is 0. The molecule has 0 unspecified atom stereocenters. The first-order valence-electron chi connectivity index (χ1n) is 7.71. The van der Waals surface area contributed by atoms with Crippen molar-refractivity contribution in [3.8, 4) is 5.69 Å². The molecule has 3 rings (SSSR count). The van der Waals surface area contributed by atoms with Crippen LogP contribution in [-0.2, 0) is 0 Å². The third kappa shape index (κ3) is 3.47. The van der Waals surface area contributed by atoms with Crippen LogP contribution in [-0.4, -0.2) is 10.8 Å². The Morgan fingerprint density at radius 2 is 1.71 bits per heavy atom. The van der Waals surface area contributed by atoms with E-state index in [1.54, 1.807) is 0 Å². The molecule has 0 aliphatic carbocycles. The van der Waals surface area contributed by atoms with Crippen LogP contribution in [0, 0.1) is 20.8 Å². The fourth-order valence-electron chi connectivity index (χ4n) is 2.76. The molecule has 0 saturated heterocycles. The van der Waals surface area contributed by atoms with E-state index in [4.69, 9.17) is 11.6 Å². The average molecular weight is 402 g/mol. The van der Waals surface area contributed by atoms with Crippen molar-refractivity contribution in [3.63, 3.8) is 0 Å². The van der Waals surface area contributed by atoms with Gasteiger partial charge in [-0.2, -0.15) is 0 Å². The van der Waals surface area contributed by atoms with Crippen LogP contribution >= 0.6 is 27.5 Å². The summed E-state index contributed by atoms with van der Waals surface area (Å²) >= 11 is 9.56. The van der Waals surface area contributed by atoms with Crippen molar-refractivity contribution < 1.29 is 0 Å². The highest BCUT2D eigenvalue weighted by Crippen LogP contribution is 2.27. The Balaban J connectivity index is 1.97. The van der Waals surface area contributed by atoms with E-state index >= 15 is 0 Å². The van der Waals surface area contributed by atoms with Gasteiger partial charge < -0.3 is 4.57 Å². The van der Waals surface area contributed by atoms with Gasteiger partial charge in [-0.3, -0.25) is 4.99 Å². The quantitative estimate of drug-likeness (QED) is 0.442. The topological polar surface area (TPSA) is 17.3 Å². The van der Waals surface area contributed by atoms with Crippen LogP contribution in [0.25, 0.3) is 5.69 Å². The summed E-state index contributed by atoms with van der Waals surface area (Å²) in [5.41, 5.74) is 6.67. The molecule has 4 heteroatoms. The number of rotatable bonds is 3. The number of nitrogens with zero attached hydrogens (tertiary/aromatic N) is 2. The minimum Gasteiger partial charge on any atom is -0.318 e. The molecule has 0 spiro atoms. The van der Waals surface area contributed by atoms with Gasteiger partial charge in [-0.15, -0.1) is 0 Å². The molecule has 122 valence electrons. The van der Waals surface area contributed by atoms with Crippen molar-refractivity contribution in [1.29, 1.82) is 0 Å². The highest BCUT2D eigenvalue weighted by Gasteiger charge is 2.09. The highest BCUT2D eigenvalue weighted by atomic mass is 79.9. The fourth-order valence-corrected chi connectivity index (χ4v) is 3.48. The predicted octanol–water partition coefficient (Wildman–Crippen LogP) is 6.57. The lowest BCUT2D eigenvalue weighted by Crippen LogP contribution is -1.99. The molecule has 0 bridgehead atoms. The normalized spacial score (nSPS) is 11.4. The Labute approximate surface area is 155 Å². The van der Waals surface area contributed by atoms with Gasteiger partial charge in [-0.1, -0.05) is 17.7 Å². The van der Waals surface area contributed by atoms with E-state index in [1.165, 1.54) is 11.3 Å². The molecule has 0 radical (unpaired) electrons. The zero-order valence-electron chi connectivity index (χ0n) is 13.8. The van der Waals surface area contributed by atoms with Gasteiger partial charge in [0, 0.05) is 38.3 Å². The molecule has 0 N–H and O–H groups in total. The zero-order valence-corrected chi connectivity index (χ0v) is 16.2. The standard InChI is InChI=1S/C20H18BrClN2/c1-13-4-9-20(19(21)10-13)23-12-16-11-14(2)24(15(16)3)18-7-5-17(22)6-8-18/h4-12H,1-3H3. The first kappa shape index (κ1) is 17.0. The van der Waals surface area contributed by atoms with E-state index in [2.05, 4.69) is 64.5 Å². The van der Waals surface area contributed by atoms with Gasteiger partial charge in [0.2, 0.25) is 0 Å². The van der Waals surface area contributed by atoms with Gasteiger partial charge in [-0.25, -0.2) is 0 Å². The molecule has 1 heterocycles. The Hall–Kier alpha value is -1.84. The predicted molar refractivity (Wildman–Crippen MR) is 106 cm³/mol. The molecule has 24 heavy (non-hydrogen) atoms. The molecule has 3 aromatic rings. The maximum atomic E-state index is 5.99. The fraction of sp³-hybridized carbons (Fsp3) is 0.150. The molecule has 2 nitrogen and oxygen atoms in total. The van der Waals surface area contributed by atoms with Crippen LogP contribution in [0.15, 0.2) is 58.0 Å². The maximum Gasteiger partial charge on any atom is 0.0772 e. The molecule has 0 aliphatic rings. The molecular formula is C20H18BrClN2. The summed E-state index contributed by atoms with van der Waals surface area (Å²) in [6, 6.07) is 16.2. The maximum absolute atomic E-state index is 5.99. The molecule has 2 aromatic carbocycles. The third-order valence-electron chi connectivity index (χ3n) is 4.00. The molecule has 0 atom stereocenters. The van der Waals surface area contributed by atoms with Gasteiger partial charge in [0.1, 0.15) is 0 Å². The second kappa shape index (κ2) is 6.96. The number of aliphatic imine (C=N–C) groups is 1. The van der Waals surface area contributed by atoms with Crippen molar-refractivity contribution in [2.75, 3.05) is 0 Å². The van der Waals surface area contributed by atoms with Crippen LogP contribution in [0.1, 0.15) is 22.5 Å². The van der Waals surface area contributed by atoms with E-state index in [0.717, 1.165) is 32.1 Å². The van der Waals surface area contributed by atoms with Crippen LogP contribution < -0.4 is 0 Å². The van der Waals surface area contributed by atoms with Crippen molar-refractivity contribution in [2.24, 2.45) is 4.99 Å². The average Bonchev–Trinajstić information content (AvgIpc) is 2.82. The smallest absolute Gasteiger partial charge is 0.0772 e. The first-order chi connectivity index (χ1) is 11.5. The summed E-state index contributed by atoms with van der Waals surface area (Å²) in [5, 5.41) is 0.743. The van der Waals surface area contributed by atoms with Gasteiger partial charge in [0.05, 0.1) is 5.69 Å². The number of benzene rings is 2. The van der Waals surface area contributed by atoms with E-state index in [0.29, 0.717) is 0 Å². The Morgan fingerprint density at radius 1 is 1.00 bits per heavy atom. The van der Waals surface area contributed by atoms with Crippen LogP contribution in [0.2, 0.25) is 5.02 Å². The number of halogens is 2. The summed E-state index contributed by atoms with van der Waals surface area (Å²) in [4.78, 5) is 4.63. The van der Waals surface area contributed by atoms with Crippen molar-refractivity contribution in [2.45, 2.75) is 20.8 Å². The summed E-state index contributed by atoms with van der Waals surface area (Å²) < 4.78 is 3.22. The van der Waals surface area contributed by atoms with Gasteiger partial charge in [0.15, 0.2) is 0 Å². The lowest BCUT2D eigenvalue weighted by atomic mass is 10.2. The second-order valence-electron chi connectivity index (χ2n) is 5.85. The summed E-state index contributed by atoms with van der Waals surface area (Å²) in [6.07, 6.45) is 1.92. The number of hydrogen-bond acceptors (Lipinski definition) is 1. The van der Waals surface area contributed by atoms with Crippen LogP contribution in [0.3, 0.4) is 0 Å². The lowest BCUT2D eigenvalue weighted by Gasteiger charge is -2.09. The Bertz CT molecular complexity index is 908. The summed E-state index contributed by atoms with van der Waals surface area (Å²) in [6.45, 7) is 6.27. The minimum atomic E-state index is 0.743. The highest BCUT2D eigenvalue weighted by molar-refractivity contribution is 9.10. The number of hydrogen-bond donors (Lipinski definition) is 0. The van der Waals surface area contributed by atoms with Crippen molar-refractivity contribution >= 4 is 39.4 Å².